The van der Waals surface area contributed by atoms with Crippen molar-refractivity contribution in [2.24, 2.45) is 0 Å². The van der Waals surface area contributed by atoms with E-state index < -0.39 is 5.41 Å². The van der Waals surface area contributed by atoms with Crippen molar-refractivity contribution < 1.29 is 9.18 Å². The van der Waals surface area contributed by atoms with Crippen molar-refractivity contribution in [3.63, 3.8) is 0 Å². The van der Waals surface area contributed by atoms with E-state index in [0.29, 0.717) is 14.9 Å². The van der Waals surface area contributed by atoms with Crippen LogP contribution in [0.15, 0.2) is 42.5 Å². The molecule has 0 saturated carbocycles. The Balaban J connectivity index is 2.24. The van der Waals surface area contributed by atoms with Crippen LogP contribution in [0.4, 0.5) is 15.8 Å². The minimum Gasteiger partial charge on any atom is -0.399 e. The molecule has 2 rings (SSSR count). The van der Waals surface area contributed by atoms with Gasteiger partial charge < -0.3 is 11.1 Å². The number of nitrogen functional groups attached to an aromatic ring is 1. The van der Waals surface area contributed by atoms with Crippen molar-refractivity contribution in [1.29, 1.82) is 0 Å². The molecule has 21 heavy (non-hydrogen) atoms. The van der Waals surface area contributed by atoms with Crippen molar-refractivity contribution in [3.05, 3.63) is 57.4 Å². The molecule has 110 valence electrons. The Labute approximate surface area is 136 Å². The van der Waals surface area contributed by atoms with Crippen LogP contribution in [0.1, 0.15) is 19.4 Å². The number of hydrogen-bond donors (Lipinski definition) is 2. The molecule has 0 unspecified atom stereocenters. The van der Waals surface area contributed by atoms with Gasteiger partial charge in [0, 0.05) is 9.26 Å². The van der Waals surface area contributed by atoms with Crippen LogP contribution < -0.4 is 11.1 Å². The fourth-order valence-corrected chi connectivity index (χ4v) is 2.51. The summed E-state index contributed by atoms with van der Waals surface area (Å²) >= 11 is 2.00. The Bertz CT molecular complexity index is 668. The highest BCUT2D eigenvalue weighted by Crippen LogP contribution is 2.27. The van der Waals surface area contributed by atoms with Crippen molar-refractivity contribution in [2.75, 3.05) is 11.1 Å². The van der Waals surface area contributed by atoms with Crippen molar-refractivity contribution >= 4 is 39.9 Å². The third kappa shape index (κ3) is 3.53. The lowest BCUT2D eigenvalue weighted by Gasteiger charge is -2.24. The maximum Gasteiger partial charge on any atom is 0.234 e. The highest BCUT2D eigenvalue weighted by molar-refractivity contribution is 14.1. The summed E-state index contributed by atoms with van der Waals surface area (Å²) in [6.45, 7) is 3.68. The first-order valence-corrected chi connectivity index (χ1v) is 7.51. The van der Waals surface area contributed by atoms with E-state index in [4.69, 9.17) is 5.73 Å². The van der Waals surface area contributed by atoms with Crippen molar-refractivity contribution in [2.45, 2.75) is 19.3 Å². The van der Waals surface area contributed by atoms with Crippen LogP contribution in [0.3, 0.4) is 0 Å². The molecule has 2 aromatic rings. The fraction of sp³-hybridized carbons (Fsp3) is 0.188. The quantitative estimate of drug-likeness (QED) is 0.608. The molecule has 0 saturated heterocycles. The van der Waals surface area contributed by atoms with Crippen LogP contribution in [0, 0.1) is 9.39 Å². The molecule has 0 fully saturated rings. The summed E-state index contributed by atoms with van der Waals surface area (Å²) < 4.78 is 13.8. The molecular formula is C16H16FIN2O. The first kappa shape index (κ1) is 15.8. The summed E-state index contributed by atoms with van der Waals surface area (Å²) in [5, 5.41) is 2.85. The number of anilines is 2. The second-order valence-electron chi connectivity index (χ2n) is 5.33. The molecule has 0 aliphatic heterocycles. The van der Waals surface area contributed by atoms with Gasteiger partial charge in [-0.15, -0.1) is 0 Å². The molecule has 0 radical (unpaired) electrons. The second-order valence-corrected chi connectivity index (χ2v) is 6.49. The standard InChI is InChI=1S/C16H16FIN2O/c1-16(2,10-3-6-12(19)7-4-10)15(21)20-14-8-5-11(17)9-13(14)18/h3-9H,19H2,1-2H3,(H,20,21). The maximum absolute atomic E-state index is 13.1. The average Bonchev–Trinajstić information content (AvgIpc) is 2.42. The summed E-state index contributed by atoms with van der Waals surface area (Å²) in [5.41, 5.74) is 7.07. The molecule has 5 heteroatoms. The third-order valence-corrected chi connectivity index (χ3v) is 4.27. The van der Waals surface area contributed by atoms with E-state index in [1.165, 1.54) is 12.1 Å². The Morgan fingerprint density at radius 2 is 1.81 bits per heavy atom. The number of rotatable bonds is 3. The van der Waals surface area contributed by atoms with E-state index in [1.807, 2.05) is 48.6 Å². The zero-order valence-electron chi connectivity index (χ0n) is 11.8. The normalized spacial score (nSPS) is 11.2. The van der Waals surface area contributed by atoms with E-state index in [2.05, 4.69) is 5.32 Å². The predicted octanol–water partition coefficient (Wildman–Crippen LogP) is 3.93. The minimum atomic E-state index is -0.717. The zero-order chi connectivity index (χ0) is 15.6. The van der Waals surface area contributed by atoms with Crippen molar-refractivity contribution in [1.82, 2.24) is 0 Å². The minimum absolute atomic E-state index is 0.156. The molecule has 0 aliphatic rings. The molecule has 1 amide bonds. The number of carbonyl (C=O) groups is 1. The van der Waals surface area contributed by atoms with Crippen LogP contribution in [0.5, 0.6) is 0 Å². The smallest absolute Gasteiger partial charge is 0.234 e. The summed E-state index contributed by atoms with van der Waals surface area (Å²) in [7, 11) is 0. The topological polar surface area (TPSA) is 55.1 Å². The molecule has 0 aromatic heterocycles. The molecule has 0 bridgehead atoms. The molecule has 0 heterocycles. The first-order chi connectivity index (χ1) is 9.80. The Morgan fingerprint density at radius 3 is 2.38 bits per heavy atom. The van der Waals surface area contributed by atoms with E-state index in [1.54, 1.807) is 18.2 Å². The molecule has 3 N–H and O–H groups in total. The largest absolute Gasteiger partial charge is 0.399 e. The third-order valence-electron chi connectivity index (χ3n) is 3.38. The van der Waals surface area contributed by atoms with Gasteiger partial charge in [0.1, 0.15) is 5.82 Å². The van der Waals surface area contributed by atoms with Gasteiger partial charge in [-0.2, -0.15) is 0 Å². The maximum atomic E-state index is 13.1. The molecule has 0 spiro atoms. The molecule has 2 aromatic carbocycles. The lowest BCUT2D eigenvalue weighted by molar-refractivity contribution is -0.120. The summed E-state index contributed by atoms with van der Waals surface area (Å²) in [4.78, 5) is 12.5. The number of hydrogen-bond acceptors (Lipinski definition) is 2. The average molecular weight is 398 g/mol. The van der Waals surface area contributed by atoms with Gasteiger partial charge in [-0.25, -0.2) is 4.39 Å². The summed E-state index contributed by atoms with van der Waals surface area (Å²) in [5.74, 6) is -0.480. The second kappa shape index (κ2) is 6.01. The van der Waals surface area contributed by atoms with Gasteiger partial charge in [-0.1, -0.05) is 12.1 Å². The Morgan fingerprint density at radius 1 is 1.19 bits per heavy atom. The van der Waals surface area contributed by atoms with Gasteiger partial charge in [-0.05, 0) is 72.3 Å². The number of nitrogens with two attached hydrogens (primary N) is 1. The van der Waals surface area contributed by atoms with Crippen LogP contribution in [-0.4, -0.2) is 5.91 Å². The van der Waals surface area contributed by atoms with E-state index >= 15 is 0 Å². The van der Waals surface area contributed by atoms with E-state index in [9.17, 15) is 9.18 Å². The van der Waals surface area contributed by atoms with E-state index in [-0.39, 0.29) is 11.7 Å². The summed E-state index contributed by atoms with van der Waals surface area (Å²) in [6, 6.07) is 11.5. The lowest BCUT2D eigenvalue weighted by Crippen LogP contribution is -2.35. The van der Waals surface area contributed by atoms with Crippen LogP contribution in [0.25, 0.3) is 0 Å². The van der Waals surface area contributed by atoms with E-state index in [0.717, 1.165) is 5.56 Å². The Hall–Kier alpha value is -1.63. The first-order valence-electron chi connectivity index (χ1n) is 6.43. The zero-order valence-corrected chi connectivity index (χ0v) is 13.9. The van der Waals surface area contributed by atoms with Crippen molar-refractivity contribution in [3.8, 4) is 0 Å². The highest BCUT2D eigenvalue weighted by Gasteiger charge is 2.30. The van der Waals surface area contributed by atoms with Crippen LogP contribution in [0.2, 0.25) is 0 Å². The van der Waals surface area contributed by atoms with Crippen LogP contribution >= 0.6 is 22.6 Å². The number of carbonyl (C=O) groups excluding carboxylic acids is 1. The van der Waals surface area contributed by atoms with Gasteiger partial charge in [-0.3, -0.25) is 4.79 Å². The number of halogens is 2. The molecule has 0 atom stereocenters. The lowest BCUT2D eigenvalue weighted by atomic mass is 9.83. The van der Waals surface area contributed by atoms with Gasteiger partial charge in [0.15, 0.2) is 0 Å². The monoisotopic (exact) mass is 398 g/mol. The number of nitrogens with one attached hydrogen (secondary N) is 1. The number of amides is 1. The fourth-order valence-electron chi connectivity index (χ4n) is 1.90. The predicted molar refractivity (Wildman–Crippen MR) is 91.6 cm³/mol. The molecule has 3 nitrogen and oxygen atoms in total. The SMILES string of the molecule is CC(C)(C(=O)Nc1ccc(F)cc1I)c1ccc(N)cc1. The van der Waals surface area contributed by atoms with Crippen LogP contribution in [-0.2, 0) is 10.2 Å². The molecule has 0 aliphatic carbocycles. The van der Waals surface area contributed by atoms with Gasteiger partial charge in [0.25, 0.3) is 0 Å². The Kier molecular flexibility index (Phi) is 4.51. The van der Waals surface area contributed by atoms with Gasteiger partial charge in [0.2, 0.25) is 5.91 Å². The highest BCUT2D eigenvalue weighted by atomic mass is 127. The number of benzene rings is 2. The molecular weight excluding hydrogens is 382 g/mol. The summed E-state index contributed by atoms with van der Waals surface area (Å²) in [6.07, 6.45) is 0. The van der Waals surface area contributed by atoms with Gasteiger partial charge >= 0.3 is 0 Å². The van der Waals surface area contributed by atoms with Gasteiger partial charge in [0.05, 0.1) is 11.1 Å².